The number of rotatable bonds is 5. The Kier molecular flexibility index (Phi) is 6.23. The number of halogens is 1. The molecule has 0 bridgehead atoms. The van der Waals surface area contributed by atoms with Crippen molar-refractivity contribution in [2.45, 2.75) is 6.04 Å². The molecule has 3 aromatic carbocycles. The SMILES string of the molecule is Cn1nc(-c2ccccc2F)cc1C(=O)N1CCN(C(c2ccccc2)c2ccccc2)CC1. The standard InChI is InChI=1S/C28H27FN4O/c1-31-26(20-25(30-31)23-14-8-9-15-24(23)29)28(34)33-18-16-32(17-19-33)27(21-10-4-2-5-11-21)22-12-6-3-7-13-22/h2-15,20,27H,16-19H2,1H3. The Morgan fingerprint density at radius 1 is 0.824 bits per heavy atom. The highest BCUT2D eigenvalue weighted by atomic mass is 19.1. The van der Waals surface area contributed by atoms with Crippen molar-refractivity contribution in [3.63, 3.8) is 0 Å². The molecular formula is C28H27FN4O. The Morgan fingerprint density at radius 3 is 1.97 bits per heavy atom. The molecule has 1 aliphatic heterocycles. The fraction of sp³-hybridized carbons (Fsp3) is 0.214. The van der Waals surface area contributed by atoms with E-state index in [-0.39, 0.29) is 17.8 Å². The van der Waals surface area contributed by atoms with E-state index in [0.717, 1.165) is 13.1 Å². The lowest BCUT2D eigenvalue weighted by atomic mass is 9.96. The van der Waals surface area contributed by atoms with Gasteiger partial charge in [-0.3, -0.25) is 14.4 Å². The molecule has 1 saturated heterocycles. The topological polar surface area (TPSA) is 41.4 Å². The normalized spacial score (nSPS) is 14.5. The van der Waals surface area contributed by atoms with Crippen LogP contribution in [-0.2, 0) is 7.05 Å². The number of nitrogens with zero attached hydrogens (tertiary/aromatic N) is 4. The Morgan fingerprint density at radius 2 is 1.38 bits per heavy atom. The summed E-state index contributed by atoms with van der Waals surface area (Å²) in [5.74, 6) is -0.422. The van der Waals surface area contributed by atoms with E-state index in [9.17, 15) is 9.18 Å². The maximum atomic E-state index is 14.2. The van der Waals surface area contributed by atoms with Crippen LogP contribution in [-0.4, -0.2) is 51.7 Å². The number of hydrogen-bond donors (Lipinski definition) is 0. The minimum Gasteiger partial charge on any atom is -0.335 e. The fourth-order valence-electron chi connectivity index (χ4n) is 4.70. The third-order valence-corrected chi connectivity index (χ3v) is 6.45. The van der Waals surface area contributed by atoms with E-state index >= 15 is 0 Å². The fourth-order valence-corrected chi connectivity index (χ4v) is 4.70. The van der Waals surface area contributed by atoms with Gasteiger partial charge in [0.1, 0.15) is 11.5 Å². The molecule has 0 spiro atoms. The van der Waals surface area contributed by atoms with Crippen LogP contribution in [0.25, 0.3) is 11.3 Å². The van der Waals surface area contributed by atoms with Crippen molar-refractivity contribution >= 4 is 5.91 Å². The molecule has 0 saturated carbocycles. The van der Waals surface area contributed by atoms with Gasteiger partial charge in [-0.25, -0.2) is 4.39 Å². The van der Waals surface area contributed by atoms with Gasteiger partial charge in [0.05, 0.1) is 11.7 Å². The smallest absolute Gasteiger partial charge is 0.272 e. The van der Waals surface area contributed by atoms with Gasteiger partial charge in [-0.2, -0.15) is 5.10 Å². The molecule has 0 N–H and O–H groups in total. The Bertz CT molecular complexity index is 1220. The predicted octanol–water partition coefficient (Wildman–Crippen LogP) is 4.77. The summed E-state index contributed by atoms with van der Waals surface area (Å²) in [7, 11) is 1.73. The number of aryl methyl sites for hydroxylation is 1. The van der Waals surface area contributed by atoms with Crippen molar-refractivity contribution in [2.75, 3.05) is 26.2 Å². The van der Waals surface area contributed by atoms with E-state index in [4.69, 9.17) is 0 Å². The van der Waals surface area contributed by atoms with E-state index in [1.54, 1.807) is 36.0 Å². The maximum absolute atomic E-state index is 14.2. The first-order chi connectivity index (χ1) is 16.6. The average Bonchev–Trinajstić information content (AvgIpc) is 3.27. The third kappa shape index (κ3) is 4.37. The highest BCUT2D eigenvalue weighted by Gasteiger charge is 2.29. The quantitative estimate of drug-likeness (QED) is 0.436. The summed E-state index contributed by atoms with van der Waals surface area (Å²) in [6.07, 6.45) is 0. The zero-order valence-corrected chi connectivity index (χ0v) is 19.1. The Hall–Kier alpha value is -3.77. The second kappa shape index (κ2) is 9.61. The van der Waals surface area contributed by atoms with Crippen LogP contribution in [0.4, 0.5) is 4.39 Å². The first-order valence-corrected chi connectivity index (χ1v) is 11.5. The molecule has 0 unspecified atom stereocenters. The lowest BCUT2D eigenvalue weighted by Crippen LogP contribution is -2.50. The molecule has 34 heavy (non-hydrogen) atoms. The first kappa shape index (κ1) is 22.0. The van der Waals surface area contributed by atoms with E-state index in [1.165, 1.54) is 17.2 Å². The van der Waals surface area contributed by atoms with Gasteiger partial charge in [-0.1, -0.05) is 72.8 Å². The number of amides is 1. The summed E-state index contributed by atoms with van der Waals surface area (Å²) in [5, 5.41) is 4.40. The highest BCUT2D eigenvalue weighted by molar-refractivity contribution is 5.93. The summed E-state index contributed by atoms with van der Waals surface area (Å²) in [4.78, 5) is 17.6. The van der Waals surface area contributed by atoms with Crippen molar-refractivity contribution < 1.29 is 9.18 Å². The maximum Gasteiger partial charge on any atom is 0.272 e. The van der Waals surface area contributed by atoms with Gasteiger partial charge in [-0.15, -0.1) is 0 Å². The van der Waals surface area contributed by atoms with Crippen molar-refractivity contribution in [1.82, 2.24) is 19.6 Å². The summed E-state index contributed by atoms with van der Waals surface area (Å²) in [5.41, 5.74) is 3.82. The molecule has 0 aliphatic carbocycles. The average molecular weight is 455 g/mol. The number of piperazine rings is 1. The van der Waals surface area contributed by atoms with Crippen LogP contribution < -0.4 is 0 Å². The predicted molar refractivity (Wildman–Crippen MR) is 131 cm³/mol. The van der Waals surface area contributed by atoms with Crippen LogP contribution in [0.5, 0.6) is 0 Å². The van der Waals surface area contributed by atoms with Crippen LogP contribution in [0.1, 0.15) is 27.7 Å². The molecule has 1 fully saturated rings. The molecule has 1 aliphatic rings. The third-order valence-electron chi connectivity index (χ3n) is 6.45. The zero-order valence-electron chi connectivity index (χ0n) is 19.1. The lowest BCUT2D eigenvalue weighted by molar-refractivity contribution is 0.0587. The second-order valence-corrected chi connectivity index (χ2v) is 8.57. The van der Waals surface area contributed by atoms with E-state index in [0.29, 0.717) is 30.0 Å². The number of aromatic nitrogens is 2. The van der Waals surface area contributed by atoms with Gasteiger partial charge >= 0.3 is 0 Å². The van der Waals surface area contributed by atoms with Crippen molar-refractivity contribution in [2.24, 2.45) is 7.05 Å². The van der Waals surface area contributed by atoms with E-state index in [2.05, 4.69) is 58.5 Å². The van der Waals surface area contributed by atoms with Gasteiger partial charge < -0.3 is 4.90 Å². The van der Waals surface area contributed by atoms with Crippen molar-refractivity contribution in [3.05, 3.63) is 114 Å². The number of benzene rings is 3. The molecule has 5 rings (SSSR count). The molecule has 5 nitrogen and oxygen atoms in total. The van der Waals surface area contributed by atoms with E-state index < -0.39 is 0 Å². The van der Waals surface area contributed by atoms with Crippen LogP contribution in [0.3, 0.4) is 0 Å². The number of carbonyl (C=O) groups excluding carboxylic acids is 1. The number of hydrogen-bond acceptors (Lipinski definition) is 3. The molecule has 4 aromatic rings. The minimum absolute atomic E-state index is 0.0757. The van der Waals surface area contributed by atoms with Crippen LogP contribution >= 0.6 is 0 Å². The van der Waals surface area contributed by atoms with Crippen LogP contribution in [0.2, 0.25) is 0 Å². The molecule has 172 valence electrons. The Balaban J connectivity index is 1.33. The zero-order chi connectivity index (χ0) is 23.5. The van der Waals surface area contributed by atoms with Crippen molar-refractivity contribution in [1.29, 1.82) is 0 Å². The van der Waals surface area contributed by atoms with Crippen molar-refractivity contribution in [3.8, 4) is 11.3 Å². The van der Waals surface area contributed by atoms with Gasteiger partial charge in [0.2, 0.25) is 0 Å². The molecule has 1 amide bonds. The highest BCUT2D eigenvalue weighted by Crippen LogP contribution is 2.30. The lowest BCUT2D eigenvalue weighted by Gasteiger charge is -2.39. The van der Waals surface area contributed by atoms with E-state index in [1.807, 2.05) is 17.0 Å². The van der Waals surface area contributed by atoms with Crippen LogP contribution in [0.15, 0.2) is 91.0 Å². The number of carbonyl (C=O) groups is 1. The molecule has 0 radical (unpaired) electrons. The molecule has 1 aromatic heterocycles. The van der Waals surface area contributed by atoms with Gasteiger partial charge in [0.15, 0.2) is 0 Å². The van der Waals surface area contributed by atoms with Gasteiger partial charge in [0.25, 0.3) is 5.91 Å². The molecule has 0 atom stereocenters. The second-order valence-electron chi connectivity index (χ2n) is 8.57. The summed E-state index contributed by atoms with van der Waals surface area (Å²) in [6, 6.07) is 29.3. The monoisotopic (exact) mass is 454 g/mol. The van der Waals surface area contributed by atoms with Crippen LogP contribution in [0, 0.1) is 5.82 Å². The van der Waals surface area contributed by atoms with Gasteiger partial charge in [0, 0.05) is 38.8 Å². The Labute approximate surface area is 199 Å². The molecule has 6 heteroatoms. The largest absolute Gasteiger partial charge is 0.335 e. The molecule has 2 heterocycles. The minimum atomic E-state index is -0.346. The van der Waals surface area contributed by atoms with Gasteiger partial charge in [-0.05, 0) is 29.3 Å². The summed E-state index contributed by atoms with van der Waals surface area (Å²) >= 11 is 0. The summed E-state index contributed by atoms with van der Waals surface area (Å²) < 4.78 is 15.8. The summed E-state index contributed by atoms with van der Waals surface area (Å²) in [6.45, 7) is 2.76. The molecular weight excluding hydrogens is 427 g/mol. The first-order valence-electron chi connectivity index (χ1n) is 11.5.